The smallest absolute Gasteiger partial charge is 0.308 e. The molecular formula is C23H30N4O3S. The number of piperidine rings is 1. The zero-order valence-electron chi connectivity index (χ0n) is 18.5. The van der Waals surface area contributed by atoms with Gasteiger partial charge >= 0.3 is 5.97 Å². The van der Waals surface area contributed by atoms with E-state index in [1.165, 1.54) is 24.0 Å². The van der Waals surface area contributed by atoms with Crippen molar-refractivity contribution in [2.75, 3.05) is 20.2 Å². The number of aromatic nitrogens is 3. The van der Waals surface area contributed by atoms with E-state index < -0.39 is 0 Å². The van der Waals surface area contributed by atoms with Crippen LogP contribution in [0.1, 0.15) is 67.4 Å². The Labute approximate surface area is 186 Å². The minimum Gasteiger partial charge on any atom is -0.492 e. The maximum atomic E-state index is 12.0. The highest BCUT2D eigenvalue weighted by Gasteiger charge is 2.34. The van der Waals surface area contributed by atoms with Crippen LogP contribution in [0.2, 0.25) is 0 Å². The van der Waals surface area contributed by atoms with Crippen LogP contribution in [-0.4, -0.2) is 50.8 Å². The molecule has 1 aliphatic heterocycles. The van der Waals surface area contributed by atoms with Crippen molar-refractivity contribution in [3.8, 4) is 5.88 Å². The van der Waals surface area contributed by atoms with E-state index in [0.29, 0.717) is 10.9 Å². The van der Waals surface area contributed by atoms with Gasteiger partial charge in [-0.1, -0.05) is 56.4 Å². The van der Waals surface area contributed by atoms with Crippen LogP contribution < -0.4 is 0 Å². The summed E-state index contributed by atoms with van der Waals surface area (Å²) in [6, 6.07) is 8.52. The van der Waals surface area contributed by atoms with E-state index in [9.17, 15) is 9.90 Å². The minimum absolute atomic E-state index is 0.0618. The molecule has 3 heterocycles. The number of ether oxygens (including phenoxy) is 1. The van der Waals surface area contributed by atoms with Gasteiger partial charge in [0.1, 0.15) is 0 Å². The van der Waals surface area contributed by atoms with Gasteiger partial charge in [0.05, 0.1) is 23.9 Å². The zero-order valence-corrected chi connectivity index (χ0v) is 19.4. The van der Waals surface area contributed by atoms with E-state index in [-0.39, 0.29) is 23.8 Å². The van der Waals surface area contributed by atoms with Crippen LogP contribution in [0.3, 0.4) is 0 Å². The molecule has 1 saturated heterocycles. The van der Waals surface area contributed by atoms with Gasteiger partial charge in [-0.15, -0.1) is 5.10 Å². The molecule has 166 valence electrons. The summed E-state index contributed by atoms with van der Waals surface area (Å²) in [5.74, 6) is 1.14. The standard InChI is InChI=1S/C23H30N4O3S/c1-5-18-24-23-27(25-18)21(28)20(31-23)19(16-8-6-15(7-9-16)14(2)3)26-12-10-17(11-13-26)22(29)30-4/h6-9,14,17,19,28H,5,10-13H2,1-4H3. The van der Waals surface area contributed by atoms with Crippen molar-refractivity contribution < 1.29 is 14.6 Å². The van der Waals surface area contributed by atoms with Gasteiger partial charge in [0.15, 0.2) is 5.82 Å². The minimum atomic E-state index is -0.133. The van der Waals surface area contributed by atoms with Crippen LogP contribution in [-0.2, 0) is 16.0 Å². The Morgan fingerprint density at radius 3 is 2.42 bits per heavy atom. The van der Waals surface area contributed by atoms with Gasteiger partial charge in [-0.3, -0.25) is 9.69 Å². The van der Waals surface area contributed by atoms with Gasteiger partial charge in [0.25, 0.3) is 0 Å². The Balaban J connectivity index is 1.70. The van der Waals surface area contributed by atoms with Crippen molar-refractivity contribution in [2.24, 2.45) is 5.92 Å². The van der Waals surface area contributed by atoms with Crippen molar-refractivity contribution >= 4 is 22.3 Å². The predicted molar refractivity (Wildman–Crippen MR) is 121 cm³/mol. The number of aromatic hydroxyl groups is 1. The van der Waals surface area contributed by atoms with E-state index in [4.69, 9.17) is 4.74 Å². The second-order valence-corrected chi connectivity index (χ2v) is 9.43. The summed E-state index contributed by atoms with van der Waals surface area (Å²) < 4.78 is 6.50. The number of rotatable bonds is 6. The third-order valence-electron chi connectivity index (χ3n) is 6.16. The second-order valence-electron chi connectivity index (χ2n) is 8.42. The highest BCUT2D eigenvalue weighted by atomic mass is 32.1. The fourth-order valence-corrected chi connectivity index (χ4v) is 5.41. The summed E-state index contributed by atoms with van der Waals surface area (Å²) in [6.45, 7) is 7.87. The first-order valence-electron chi connectivity index (χ1n) is 10.9. The molecule has 1 unspecified atom stereocenters. The average Bonchev–Trinajstić information content (AvgIpc) is 3.33. The summed E-state index contributed by atoms with van der Waals surface area (Å²) in [7, 11) is 1.45. The molecule has 1 aliphatic rings. The molecule has 1 fully saturated rings. The van der Waals surface area contributed by atoms with E-state index in [1.807, 2.05) is 6.92 Å². The zero-order chi connectivity index (χ0) is 22.1. The Kier molecular flexibility index (Phi) is 6.29. The van der Waals surface area contributed by atoms with Gasteiger partial charge in [-0.25, -0.2) is 4.98 Å². The van der Waals surface area contributed by atoms with E-state index >= 15 is 0 Å². The van der Waals surface area contributed by atoms with Gasteiger partial charge < -0.3 is 9.84 Å². The molecule has 0 radical (unpaired) electrons. The van der Waals surface area contributed by atoms with Gasteiger partial charge in [-0.05, 0) is 43.0 Å². The number of carbonyl (C=O) groups excluding carboxylic acids is 1. The summed E-state index contributed by atoms with van der Waals surface area (Å²) in [5.41, 5.74) is 2.41. The maximum Gasteiger partial charge on any atom is 0.308 e. The molecule has 0 spiro atoms. The summed E-state index contributed by atoms with van der Waals surface area (Å²) in [4.78, 5) is 20.4. The number of methoxy groups -OCH3 is 1. The maximum absolute atomic E-state index is 12.0. The quantitative estimate of drug-likeness (QED) is 0.578. The molecule has 0 amide bonds. The van der Waals surface area contributed by atoms with Gasteiger partial charge in [0, 0.05) is 6.42 Å². The number of fused-ring (bicyclic) bond motifs is 1. The average molecular weight is 443 g/mol. The number of hydrogen-bond acceptors (Lipinski definition) is 7. The first-order valence-corrected chi connectivity index (χ1v) is 11.7. The number of aryl methyl sites for hydroxylation is 1. The Morgan fingerprint density at radius 2 is 1.87 bits per heavy atom. The van der Waals surface area contributed by atoms with Crippen LogP contribution >= 0.6 is 11.3 Å². The molecule has 0 saturated carbocycles. The normalized spacial score (nSPS) is 16.8. The summed E-state index contributed by atoms with van der Waals surface area (Å²) in [6.07, 6.45) is 2.22. The number of likely N-dealkylation sites (tertiary alicyclic amines) is 1. The lowest BCUT2D eigenvalue weighted by Gasteiger charge is -2.36. The molecule has 1 aromatic carbocycles. The van der Waals surface area contributed by atoms with Crippen molar-refractivity contribution in [3.05, 3.63) is 46.1 Å². The van der Waals surface area contributed by atoms with E-state index in [0.717, 1.165) is 48.6 Å². The first-order chi connectivity index (χ1) is 14.9. The SMILES string of the molecule is CCc1nc2sc(C(c3ccc(C(C)C)cc3)N3CCC(C(=O)OC)CC3)c(O)n2n1. The van der Waals surface area contributed by atoms with E-state index in [2.05, 4.69) is 53.1 Å². The molecule has 1 N–H and O–H groups in total. The lowest BCUT2D eigenvalue weighted by molar-refractivity contribution is -0.147. The van der Waals surface area contributed by atoms with Crippen molar-refractivity contribution in [2.45, 2.75) is 52.0 Å². The number of nitrogens with zero attached hydrogens (tertiary/aromatic N) is 4. The molecule has 8 heteroatoms. The molecule has 7 nitrogen and oxygen atoms in total. The molecule has 31 heavy (non-hydrogen) atoms. The number of carbonyl (C=O) groups is 1. The van der Waals surface area contributed by atoms with Crippen molar-refractivity contribution in [1.82, 2.24) is 19.5 Å². The molecule has 4 rings (SSSR count). The third kappa shape index (κ3) is 4.19. The Bertz CT molecular complexity index is 1050. The molecular weight excluding hydrogens is 412 g/mol. The third-order valence-corrected chi connectivity index (χ3v) is 7.23. The van der Waals surface area contributed by atoms with Gasteiger partial charge in [0.2, 0.25) is 10.8 Å². The largest absolute Gasteiger partial charge is 0.492 e. The monoisotopic (exact) mass is 442 g/mol. The lowest BCUT2D eigenvalue weighted by atomic mass is 9.93. The molecule has 2 aromatic heterocycles. The number of benzene rings is 1. The molecule has 0 bridgehead atoms. The highest BCUT2D eigenvalue weighted by Crippen LogP contribution is 2.41. The fraction of sp³-hybridized carbons (Fsp3) is 0.522. The number of esters is 1. The summed E-state index contributed by atoms with van der Waals surface area (Å²) in [5, 5.41) is 15.5. The Morgan fingerprint density at radius 1 is 1.23 bits per heavy atom. The second kappa shape index (κ2) is 8.96. The number of thiazole rings is 1. The van der Waals surface area contributed by atoms with Crippen LogP contribution in [0, 0.1) is 5.92 Å². The first kappa shape index (κ1) is 21.8. The highest BCUT2D eigenvalue weighted by molar-refractivity contribution is 7.17. The van der Waals surface area contributed by atoms with Crippen LogP contribution in [0.5, 0.6) is 5.88 Å². The van der Waals surface area contributed by atoms with Crippen LogP contribution in [0.4, 0.5) is 0 Å². The predicted octanol–water partition coefficient (Wildman–Crippen LogP) is 4.16. The lowest BCUT2D eigenvalue weighted by Crippen LogP contribution is -2.39. The van der Waals surface area contributed by atoms with Crippen LogP contribution in [0.25, 0.3) is 4.96 Å². The molecule has 3 aromatic rings. The van der Waals surface area contributed by atoms with Crippen LogP contribution in [0.15, 0.2) is 24.3 Å². The fourth-order valence-electron chi connectivity index (χ4n) is 4.27. The van der Waals surface area contributed by atoms with Crippen molar-refractivity contribution in [1.29, 1.82) is 0 Å². The van der Waals surface area contributed by atoms with Gasteiger partial charge in [-0.2, -0.15) is 4.52 Å². The van der Waals surface area contributed by atoms with E-state index in [1.54, 1.807) is 4.52 Å². The topological polar surface area (TPSA) is 80.0 Å². The Hall–Kier alpha value is -2.45. The molecule has 1 atom stereocenters. The molecule has 0 aliphatic carbocycles. The summed E-state index contributed by atoms with van der Waals surface area (Å²) >= 11 is 1.48. The number of hydrogen-bond donors (Lipinski definition) is 1. The van der Waals surface area contributed by atoms with Crippen molar-refractivity contribution in [3.63, 3.8) is 0 Å².